The predicted octanol–water partition coefficient (Wildman–Crippen LogP) is 5.49. The maximum Gasteiger partial charge on any atom is -0.00199 e. The first-order valence-electron chi connectivity index (χ1n) is 7.88. The van der Waals surface area contributed by atoms with Gasteiger partial charge in [0.15, 0.2) is 0 Å². The molecule has 0 N–H and O–H groups in total. The first-order valence-corrected chi connectivity index (χ1v) is 7.88. The van der Waals surface area contributed by atoms with Crippen LogP contribution in [-0.4, -0.2) is 0 Å². The van der Waals surface area contributed by atoms with Gasteiger partial charge < -0.3 is 0 Å². The van der Waals surface area contributed by atoms with Gasteiger partial charge in [-0.1, -0.05) is 60.7 Å². The van der Waals surface area contributed by atoms with E-state index in [1.165, 1.54) is 43.8 Å². The summed E-state index contributed by atoms with van der Waals surface area (Å²) in [5.74, 6) is 0. The molecule has 1 aliphatic carbocycles. The van der Waals surface area contributed by atoms with Gasteiger partial charge in [0.2, 0.25) is 0 Å². The van der Waals surface area contributed by atoms with E-state index >= 15 is 0 Å². The van der Waals surface area contributed by atoms with Crippen molar-refractivity contribution in [1.29, 1.82) is 0 Å². The van der Waals surface area contributed by atoms with Crippen molar-refractivity contribution in [3.63, 3.8) is 0 Å². The van der Waals surface area contributed by atoms with E-state index in [1.807, 2.05) is 0 Å². The van der Waals surface area contributed by atoms with Crippen LogP contribution in [0.15, 0.2) is 72.8 Å². The molecule has 4 aromatic rings. The normalized spacial score (nSPS) is 13.1. The Bertz CT molecular complexity index is 941. The topological polar surface area (TPSA) is 0 Å². The molecule has 0 aliphatic heterocycles. The molecule has 0 heteroatoms. The summed E-state index contributed by atoms with van der Waals surface area (Å²) in [6.07, 6.45) is 2.13. The Morgan fingerprint density at radius 2 is 0.864 bits per heavy atom. The molecule has 0 fully saturated rings. The van der Waals surface area contributed by atoms with Crippen molar-refractivity contribution in [3.05, 3.63) is 95.1 Å². The van der Waals surface area contributed by atoms with Gasteiger partial charge in [0, 0.05) is 0 Å². The SMILES string of the molecule is c1ccc2c(c1)Cc1cc3cc4ccccc4cc3cc1C2. The van der Waals surface area contributed by atoms with Gasteiger partial charge in [0.1, 0.15) is 0 Å². The Morgan fingerprint density at radius 3 is 1.36 bits per heavy atom. The molecular weight excluding hydrogens is 264 g/mol. The van der Waals surface area contributed by atoms with Crippen LogP contribution in [0.5, 0.6) is 0 Å². The average molecular weight is 280 g/mol. The summed E-state index contributed by atoms with van der Waals surface area (Å²) in [4.78, 5) is 0. The maximum atomic E-state index is 2.40. The maximum absolute atomic E-state index is 2.40. The van der Waals surface area contributed by atoms with Gasteiger partial charge in [0.25, 0.3) is 0 Å². The summed E-state index contributed by atoms with van der Waals surface area (Å²) >= 11 is 0. The molecule has 0 radical (unpaired) electrons. The third-order valence-electron chi connectivity index (χ3n) is 4.90. The van der Waals surface area contributed by atoms with E-state index in [-0.39, 0.29) is 0 Å². The smallest absolute Gasteiger partial charge is 0.00199 e. The minimum Gasteiger partial charge on any atom is -0.0620 e. The van der Waals surface area contributed by atoms with E-state index in [9.17, 15) is 0 Å². The van der Waals surface area contributed by atoms with Crippen molar-refractivity contribution in [2.75, 3.05) is 0 Å². The zero-order valence-corrected chi connectivity index (χ0v) is 12.3. The van der Waals surface area contributed by atoms with Crippen LogP contribution in [0.1, 0.15) is 22.3 Å². The fourth-order valence-corrected chi connectivity index (χ4v) is 3.73. The molecule has 0 spiro atoms. The van der Waals surface area contributed by atoms with Crippen molar-refractivity contribution in [3.8, 4) is 0 Å². The molecule has 104 valence electrons. The first-order chi connectivity index (χ1) is 10.9. The lowest BCUT2D eigenvalue weighted by atomic mass is 9.84. The lowest BCUT2D eigenvalue weighted by molar-refractivity contribution is 1.01. The van der Waals surface area contributed by atoms with E-state index < -0.39 is 0 Å². The lowest BCUT2D eigenvalue weighted by Gasteiger charge is -2.20. The van der Waals surface area contributed by atoms with Crippen LogP contribution in [0.2, 0.25) is 0 Å². The second-order valence-electron chi connectivity index (χ2n) is 6.29. The molecule has 0 aromatic heterocycles. The Balaban J connectivity index is 1.75. The molecule has 4 aromatic carbocycles. The summed E-state index contributed by atoms with van der Waals surface area (Å²) in [5.41, 5.74) is 5.94. The van der Waals surface area contributed by atoms with E-state index in [0.717, 1.165) is 12.8 Å². The van der Waals surface area contributed by atoms with Gasteiger partial charge in [-0.2, -0.15) is 0 Å². The molecule has 0 atom stereocenters. The zero-order valence-electron chi connectivity index (χ0n) is 12.3. The summed E-state index contributed by atoms with van der Waals surface area (Å²) in [5, 5.41) is 5.37. The minimum absolute atomic E-state index is 1.06. The Hall–Kier alpha value is -2.60. The van der Waals surface area contributed by atoms with Gasteiger partial charge >= 0.3 is 0 Å². The predicted molar refractivity (Wildman–Crippen MR) is 93.5 cm³/mol. The minimum atomic E-state index is 1.06. The number of benzene rings is 4. The standard InChI is InChI=1S/C22H16/c1-2-6-16-10-20-14-22-12-18-8-4-3-7-17(18)11-21(22)13-19(20)9-15(16)5-1/h1-10,13-14H,11-12H2. The number of hydrogen-bond donors (Lipinski definition) is 0. The highest BCUT2D eigenvalue weighted by Crippen LogP contribution is 2.32. The van der Waals surface area contributed by atoms with E-state index in [2.05, 4.69) is 72.8 Å². The second-order valence-corrected chi connectivity index (χ2v) is 6.29. The van der Waals surface area contributed by atoms with Gasteiger partial charge in [-0.25, -0.2) is 0 Å². The largest absolute Gasteiger partial charge is 0.0620 e. The third-order valence-corrected chi connectivity index (χ3v) is 4.90. The molecule has 0 saturated heterocycles. The highest BCUT2D eigenvalue weighted by Gasteiger charge is 2.15. The highest BCUT2D eigenvalue weighted by molar-refractivity contribution is 5.98. The molecule has 0 heterocycles. The molecular formula is C22H16. The number of hydrogen-bond acceptors (Lipinski definition) is 0. The highest BCUT2D eigenvalue weighted by atomic mass is 14.2. The summed E-state index contributed by atoms with van der Waals surface area (Å²) in [6.45, 7) is 0. The second kappa shape index (κ2) is 4.45. The molecule has 0 nitrogen and oxygen atoms in total. The molecule has 0 unspecified atom stereocenters. The number of fused-ring (bicyclic) bond motifs is 4. The zero-order chi connectivity index (χ0) is 14.5. The van der Waals surface area contributed by atoms with Gasteiger partial charge in [-0.3, -0.25) is 0 Å². The van der Waals surface area contributed by atoms with E-state index in [0.29, 0.717) is 0 Å². The van der Waals surface area contributed by atoms with Crippen LogP contribution in [0.3, 0.4) is 0 Å². The molecule has 0 amide bonds. The fourth-order valence-electron chi connectivity index (χ4n) is 3.73. The van der Waals surface area contributed by atoms with Gasteiger partial charge in [0.05, 0.1) is 0 Å². The average Bonchev–Trinajstić information content (AvgIpc) is 2.56. The van der Waals surface area contributed by atoms with Crippen molar-refractivity contribution < 1.29 is 0 Å². The van der Waals surface area contributed by atoms with Gasteiger partial charge in [-0.05, 0) is 68.8 Å². The van der Waals surface area contributed by atoms with Crippen LogP contribution >= 0.6 is 0 Å². The molecule has 5 rings (SSSR count). The molecule has 0 saturated carbocycles. The first kappa shape index (κ1) is 12.0. The molecule has 22 heavy (non-hydrogen) atoms. The Morgan fingerprint density at radius 1 is 0.409 bits per heavy atom. The monoisotopic (exact) mass is 280 g/mol. The summed E-state index contributed by atoms with van der Waals surface area (Å²) < 4.78 is 0. The Labute approximate surface area is 130 Å². The van der Waals surface area contributed by atoms with Crippen LogP contribution in [0, 0.1) is 0 Å². The van der Waals surface area contributed by atoms with Crippen LogP contribution < -0.4 is 0 Å². The number of rotatable bonds is 0. The van der Waals surface area contributed by atoms with Crippen LogP contribution in [0.25, 0.3) is 21.5 Å². The summed E-state index contributed by atoms with van der Waals surface area (Å²) in [7, 11) is 0. The third kappa shape index (κ3) is 1.77. The van der Waals surface area contributed by atoms with Crippen LogP contribution in [-0.2, 0) is 12.8 Å². The van der Waals surface area contributed by atoms with Crippen molar-refractivity contribution in [2.24, 2.45) is 0 Å². The Kier molecular flexibility index (Phi) is 2.42. The van der Waals surface area contributed by atoms with E-state index in [1.54, 1.807) is 0 Å². The van der Waals surface area contributed by atoms with E-state index in [4.69, 9.17) is 0 Å². The van der Waals surface area contributed by atoms with Crippen molar-refractivity contribution in [2.45, 2.75) is 12.8 Å². The van der Waals surface area contributed by atoms with Gasteiger partial charge in [-0.15, -0.1) is 0 Å². The molecule has 0 bridgehead atoms. The van der Waals surface area contributed by atoms with Crippen molar-refractivity contribution >= 4 is 21.5 Å². The van der Waals surface area contributed by atoms with Crippen molar-refractivity contribution in [1.82, 2.24) is 0 Å². The summed E-state index contributed by atoms with van der Waals surface area (Å²) in [6, 6.07) is 26.9. The lowest BCUT2D eigenvalue weighted by Crippen LogP contribution is -2.07. The fraction of sp³-hybridized carbons (Fsp3) is 0.0909. The van der Waals surface area contributed by atoms with Crippen LogP contribution in [0.4, 0.5) is 0 Å². The quantitative estimate of drug-likeness (QED) is 0.329. The molecule has 1 aliphatic rings.